The maximum absolute atomic E-state index is 11.2. The summed E-state index contributed by atoms with van der Waals surface area (Å²) in [6.07, 6.45) is 3.21. The summed E-state index contributed by atoms with van der Waals surface area (Å²) in [5, 5.41) is 2.82. The molecule has 0 aliphatic carbocycles. The van der Waals surface area contributed by atoms with Gasteiger partial charge in [-0.1, -0.05) is 48.5 Å². The number of pyridine rings is 1. The molecule has 2 heterocycles. The lowest BCUT2D eigenvalue weighted by molar-refractivity contribution is -0.114. The first-order valence-electron chi connectivity index (χ1n) is 10.3. The lowest BCUT2D eigenvalue weighted by atomic mass is 10.1. The topological polar surface area (TPSA) is 45.2 Å². The maximum atomic E-state index is 11.2. The molecule has 1 saturated heterocycles. The van der Waals surface area contributed by atoms with Crippen molar-refractivity contribution >= 4 is 11.6 Å². The highest BCUT2D eigenvalue weighted by molar-refractivity contribution is 5.88. The summed E-state index contributed by atoms with van der Waals surface area (Å²) >= 11 is 0. The van der Waals surface area contributed by atoms with Gasteiger partial charge in [-0.2, -0.15) is 0 Å². The molecular formula is C25H27N3O. The Labute approximate surface area is 172 Å². The average Bonchev–Trinajstić information content (AvgIpc) is 3.18. The minimum Gasteiger partial charge on any atom is -0.326 e. The van der Waals surface area contributed by atoms with Crippen molar-refractivity contribution in [3.8, 4) is 0 Å². The van der Waals surface area contributed by atoms with Crippen molar-refractivity contribution in [2.75, 3.05) is 11.9 Å². The monoisotopic (exact) mass is 385 g/mol. The zero-order valence-electron chi connectivity index (χ0n) is 16.8. The smallest absolute Gasteiger partial charge is 0.221 e. The summed E-state index contributed by atoms with van der Waals surface area (Å²) in [6, 6.07) is 25.4. The maximum Gasteiger partial charge on any atom is 0.221 e. The number of likely N-dealkylation sites (tertiary alicyclic amines) is 1. The van der Waals surface area contributed by atoms with Gasteiger partial charge in [0.05, 0.1) is 11.7 Å². The molecule has 4 rings (SSSR count). The molecule has 1 unspecified atom stereocenters. The molecule has 0 bridgehead atoms. The second kappa shape index (κ2) is 9.01. The number of hydrogen-bond donors (Lipinski definition) is 1. The summed E-state index contributed by atoms with van der Waals surface area (Å²) in [7, 11) is 0. The quantitative estimate of drug-likeness (QED) is 0.652. The number of amides is 1. The molecule has 0 saturated carbocycles. The minimum absolute atomic E-state index is 0.0428. The summed E-state index contributed by atoms with van der Waals surface area (Å²) in [4.78, 5) is 18.7. The van der Waals surface area contributed by atoms with E-state index >= 15 is 0 Å². The minimum atomic E-state index is -0.0428. The lowest BCUT2D eigenvalue weighted by Gasteiger charge is -2.24. The fraction of sp³-hybridized carbons (Fsp3) is 0.280. The van der Waals surface area contributed by atoms with Crippen LogP contribution in [-0.4, -0.2) is 22.3 Å². The van der Waals surface area contributed by atoms with E-state index in [0.29, 0.717) is 6.04 Å². The van der Waals surface area contributed by atoms with Crippen LogP contribution in [0.5, 0.6) is 0 Å². The Morgan fingerprint density at radius 3 is 2.55 bits per heavy atom. The summed E-state index contributed by atoms with van der Waals surface area (Å²) < 4.78 is 0. The molecule has 29 heavy (non-hydrogen) atoms. The number of nitrogens with one attached hydrogen (secondary N) is 1. The largest absolute Gasteiger partial charge is 0.326 e. The molecule has 2 aromatic carbocycles. The zero-order valence-corrected chi connectivity index (χ0v) is 16.8. The Bertz CT molecular complexity index is 953. The molecule has 1 aliphatic rings. The molecule has 4 nitrogen and oxygen atoms in total. The number of rotatable bonds is 6. The van der Waals surface area contributed by atoms with Gasteiger partial charge in [0, 0.05) is 31.3 Å². The number of aromatic nitrogens is 1. The standard InChI is InChI=1S/C25H27N3O/c1-19(29)26-22-14-12-21(13-15-22)18-28-16-6-11-25(28)24-10-5-9-23(27-24)17-20-7-3-2-4-8-20/h2-5,7-10,12-15,25H,6,11,16-18H2,1H3,(H,26,29). The van der Waals surface area contributed by atoms with E-state index in [0.717, 1.165) is 37.3 Å². The van der Waals surface area contributed by atoms with Gasteiger partial charge in [0.2, 0.25) is 5.91 Å². The van der Waals surface area contributed by atoms with Crippen molar-refractivity contribution in [2.45, 2.75) is 38.8 Å². The van der Waals surface area contributed by atoms with Crippen LogP contribution in [0, 0.1) is 0 Å². The fourth-order valence-electron chi connectivity index (χ4n) is 4.07. The normalized spacial score (nSPS) is 16.7. The number of carbonyl (C=O) groups excluding carboxylic acids is 1. The third kappa shape index (κ3) is 5.09. The Kier molecular flexibility index (Phi) is 6.01. The van der Waals surface area contributed by atoms with Crippen molar-refractivity contribution in [3.05, 3.63) is 95.3 Å². The third-order valence-corrected chi connectivity index (χ3v) is 5.42. The van der Waals surface area contributed by atoms with Crippen molar-refractivity contribution in [1.29, 1.82) is 0 Å². The van der Waals surface area contributed by atoms with Crippen molar-refractivity contribution in [1.82, 2.24) is 9.88 Å². The highest BCUT2D eigenvalue weighted by Gasteiger charge is 2.27. The van der Waals surface area contributed by atoms with Gasteiger partial charge in [-0.3, -0.25) is 14.7 Å². The van der Waals surface area contributed by atoms with Crippen LogP contribution in [0.2, 0.25) is 0 Å². The van der Waals surface area contributed by atoms with Gasteiger partial charge in [0.25, 0.3) is 0 Å². The van der Waals surface area contributed by atoms with E-state index in [1.807, 2.05) is 18.2 Å². The van der Waals surface area contributed by atoms with Crippen LogP contribution in [0.15, 0.2) is 72.8 Å². The second-order valence-electron chi connectivity index (χ2n) is 7.72. The highest BCUT2D eigenvalue weighted by Crippen LogP contribution is 2.32. The highest BCUT2D eigenvalue weighted by atomic mass is 16.1. The number of anilines is 1. The van der Waals surface area contributed by atoms with Crippen LogP contribution < -0.4 is 5.32 Å². The van der Waals surface area contributed by atoms with Crippen LogP contribution in [0.25, 0.3) is 0 Å². The van der Waals surface area contributed by atoms with E-state index in [9.17, 15) is 4.79 Å². The molecule has 1 aromatic heterocycles. The molecule has 3 aromatic rings. The molecule has 1 aliphatic heterocycles. The van der Waals surface area contributed by atoms with Crippen LogP contribution in [0.3, 0.4) is 0 Å². The molecule has 0 radical (unpaired) electrons. The number of hydrogen-bond acceptors (Lipinski definition) is 3. The van der Waals surface area contributed by atoms with Gasteiger partial charge in [0.1, 0.15) is 0 Å². The van der Waals surface area contributed by atoms with Crippen LogP contribution in [0.4, 0.5) is 5.69 Å². The Morgan fingerprint density at radius 2 is 1.79 bits per heavy atom. The van der Waals surface area contributed by atoms with E-state index in [4.69, 9.17) is 4.98 Å². The Hall–Kier alpha value is -2.98. The summed E-state index contributed by atoms with van der Waals surface area (Å²) in [6.45, 7) is 3.51. The first kappa shape index (κ1) is 19.3. The van der Waals surface area contributed by atoms with Gasteiger partial charge >= 0.3 is 0 Å². The average molecular weight is 386 g/mol. The zero-order chi connectivity index (χ0) is 20.1. The summed E-state index contributed by atoms with van der Waals surface area (Å²) in [5.74, 6) is -0.0428. The van der Waals surface area contributed by atoms with E-state index in [1.54, 1.807) is 0 Å². The third-order valence-electron chi connectivity index (χ3n) is 5.42. The van der Waals surface area contributed by atoms with Crippen LogP contribution in [-0.2, 0) is 17.8 Å². The molecule has 1 N–H and O–H groups in total. The second-order valence-corrected chi connectivity index (χ2v) is 7.72. The van der Waals surface area contributed by atoms with Crippen LogP contribution >= 0.6 is 0 Å². The molecule has 1 amide bonds. The SMILES string of the molecule is CC(=O)Nc1ccc(CN2CCCC2c2cccc(Cc3ccccc3)n2)cc1. The van der Waals surface area contributed by atoms with Crippen molar-refractivity contribution in [3.63, 3.8) is 0 Å². The van der Waals surface area contributed by atoms with Crippen LogP contribution in [0.1, 0.15) is 48.3 Å². The first-order chi connectivity index (χ1) is 14.2. The van der Waals surface area contributed by atoms with Gasteiger partial charge in [0.15, 0.2) is 0 Å². The molecule has 1 atom stereocenters. The van der Waals surface area contributed by atoms with Gasteiger partial charge in [-0.15, -0.1) is 0 Å². The molecule has 148 valence electrons. The molecule has 0 spiro atoms. The van der Waals surface area contributed by atoms with Crippen molar-refractivity contribution < 1.29 is 4.79 Å². The van der Waals surface area contributed by atoms with E-state index in [2.05, 4.69) is 64.8 Å². The predicted molar refractivity (Wildman–Crippen MR) is 117 cm³/mol. The molecule has 4 heteroatoms. The lowest BCUT2D eigenvalue weighted by Crippen LogP contribution is -2.23. The van der Waals surface area contributed by atoms with E-state index < -0.39 is 0 Å². The molecular weight excluding hydrogens is 358 g/mol. The van der Waals surface area contributed by atoms with Gasteiger partial charge < -0.3 is 5.32 Å². The molecule has 1 fully saturated rings. The van der Waals surface area contributed by atoms with Crippen molar-refractivity contribution in [2.24, 2.45) is 0 Å². The van der Waals surface area contributed by atoms with Gasteiger partial charge in [-0.25, -0.2) is 0 Å². The first-order valence-corrected chi connectivity index (χ1v) is 10.3. The summed E-state index contributed by atoms with van der Waals surface area (Å²) in [5.41, 5.74) is 5.69. The van der Waals surface area contributed by atoms with E-state index in [-0.39, 0.29) is 5.91 Å². The predicted octanol–water partition coefficient (Wildman–Crippen LogP) is 4.97. The fourth-order valence-corrected chi connectivity index (χ4v) is 4.07. The van der Waals surface area contributed by atoms with Gasteiger partial charge in [-0.05, 0) is 54.8 Å². The Morgan fingerprint density at radius 1 is 1.00 bits per heavy atom. The Balaban J connectivity index is 1.45. The number of nitrogens with zero attached hydrogens (tertiary/aromatic N) is 2. The van der Waals surface area contributed by atoms with E-state index in [1.165, 1.54) is 30.2 Å². The number of carbonyl (C=O) groups is 1. The number of benzene rings is 2.